The summed E-state index contributed by atoms with van der Waals surface area (Å²) < 4.78 is 16.5. The summed E-state index contributed by atoms with van der Waals surface area (Å²) in [5, 5.41) is 0. The van der Waals surface area contributed by atoms with E-state index in [0.29, 0.717) is 17.4 Å². The van der Waals surface area contributed by atoms with E-state index in [-0.39, 0.29) is 0 Å². The number of rotatable bonds is 14. The van der Waals surface area contributed by atoms with E-state index in [9.17, 15) is 9.46 Å². The van der Waals surface area contributed by atoms with Crippen molar-refractivity contribution in [3.8, 4) is 0 Å². The Kier molecular flexibility index (Phi) is 12.5. The van der Waals surface area contributed by atoms with Crippen LogP contribution in [0, 0.1) is 0 Å². The van der Waals surface area contributed by atoms with Gasteiger partial charge in [0.15, 0.2) is 0 Å². The Morgan fingerprint density at radius 3 is 2.27 bits per heavy atom. The van der Waals surface area contributed by atoms with Crippen LogP contribution in [-0.2, 0) is 9.09 Å². The van der Waals surface area contributed by atoms with E-state index in [1.165, 1.54) is 5.56 Å². The molecular formula is C24H36NO4P. The molecule has 30 heavy (non-hydrogen) atoms. The quantitative estimate of drug-likeness (QED) is 0.197. The zero-order valence-electron chi connectivity index (χ0n) is 18.4. The zero-order valence-corrected chi connectivity index (χ0v) is 19.3. The van der Waals surface area contributed by atoms with Gasteiger partial charge in [0.05, 0.1) is 21.1 Å². The lowest BCUT2D eigenvalue weighted by Crippen LogP contribution is -2.42. The average Bonchev–Trinajstić information content (AvgIpc) is 2.63. The third kappa shape index (κ3) is 16.1. The fourth-order valence-corrected chi connectivity index (χ4v) is 3.50. The van der Waals surface area contributed by atoms with Crippen molar-refractivity contribution in [3.05, 3.63) is 78.4 Å². The fraction of sp³-hybridized carbons (Fsp3) is 0.417. The smallest absolute Gasteiger partial charge is 0.265 e. The van der Waals surface area contributed by atoms with Crippen molar-refractivity contribution in [1.82, 2.24) is 0 Å². The summed E-state index contributed by atoms with van der Waals surface area (Å²) in [7, 11) is 1.21. The van der Waals surface area contributed by atoms with Gasteiger partial charge in [-0.15, -0.1) is 0 Å². The summed E-state index contributed by atoms with van der Waals surface area (Å²) in [5.41, 5.74) is 1.18. The van der Waals surface area contributed by atoms with E-state index in [0.717, 1.165) is 25.7 Å². The van der Waals surface area contributed by atoms with Crippen molar-refractivity contribution in [2.75, 3.05) is 27.7 Å². The van der Waals surface area contributed by atoms with Gasteiger partial charge in [-0.25, -0.2) is 0 Å². The SMILES string of the molecule is C[N+](C)(C)CC(CCCCC/C=C/C=C/C=C/C=C/c1ccccc1)OP(=O)([O-])O. The van der Waals surface area contributed by atoms with E-state index >= 15 is 0 Å². The van der Waals surface area contributed by atoms with Crippen molar-refractivity contribution >= 4 is 13.9 Å². The number of quaternary nitrogens is 1. The highest BCUT2D eigenvalue weighted by Crippen LogP contribution is 2.34. The summed E-state index contributed by atoms with van der Waals surface area (Å²) in [6.07, 6.45) is 20.2. The number of nitrogens with zero attached hydrogens (tertiary/aromatic N) is 1. The summed E-state index contributed by atoms with van der Waals surface area (Å²) in [4.78, 5) is 20.0. The molecule has 0 bridgehead atoms. The van der Waals surface area contributed by atoms with Crippen LogP contribution in [0.5, 0.6) is 0 Å². The number of unbranched alkanes of at least 4 members (excludes halogenated alkanes) is 3. The van der Waals surface area contributed by atoms with Crippen LogP contribution in [0.1, 0.15) is 37.7 Å². The molecule has 0 aliphatic rings. The van der Waals surface area contributed by atoms with Gasteiger partial charge in [-0.1, -0.05) is 91.8 Å². The maximum absolute atomic E-state index is 11.0. The Morgan fingerprint density at radius 2 is 1.63 bits per heavy atom. The van der Waals surface area contributed by atoms with E-state index in [2.05, 4.69) is 24.3 Å². The topological polar surface area (TPSA) is 69.6 Å². The molecule has 0 radical (unpaired) electrons. The molecule has 0 heterocycles. The molecule has 0 spiro atoms. The minimum absolute atomic E-state index is 0.487. The van der Waals surface area contributed by atoms with Gasteiger partial charge in [0.25, 0.3) is 7.82 Å². The normalized spacial score (nSPS) is 16.2. The summed E-state index contributed by atoms with van der Waals surface area (Å²) in [6, 6.07) is 10.2. The highest BCUT2D eigenvalue weighted by molar-refractivity contribution is 7.44. The van der Waals surface area contributed by atoms with Crippen molar-refractivity contribution < 1.29 is 23.4 Å². The zero-order chi connectivity index (χ0) is 22.3. The number of benzene rings is 1. The van der Waals surface area contributed by atoms with Crippen LogP contribution in [0.4, 0.5) is 0 Å². The van der Waals surface area contributed by atoms with Crippen molar-refractivity contribution in [2.24, 2.45) is 0 Å². The molecule has 0 aliphatic heterocycles. The largest absolute Gasteiger partial charge is 0.756 e. The van der Waals surface area contributed by atoms with Crippen LogP contribution < -0.4 is 4.89 Å². The number of phosphoric ester groups is 1. The van der Waals surface area contributed by atoms with Crippen LogP contribution >= 0.6 is 7.82 Å². The van der Waals surface area contributed by atoms with Crippen molar-refractivity contribution in [1.29, 1.82) is 0 Å². The van der Waals surface area contributed by atoms with Crippen LogP contribution in [0.3, 0.4) is 0 Å². The maximum Gasteiger partial charge on any atom is 0.265 e. The second kappa shape index (κ2) is 14.3. The maximum atomic E-state index is 11.0. The molecule has 2 unspecified atom stereocenters. The molecule has 1 rings (SSSR count). The Morgan fingerprint density at radius 1 is 1.00 bits per heavy atom. The fourth-order valence-electron chi connectivity index (χ4n) is 2.95. The Balaban J connectivity index is 2.18. The first-order chi connectivity index (χ1) is 14.2. The Hall–Kier alpha value is -1.75. The first-order valence-corrected chi connectivity index (χ1v) is 11.9. The van der Waals surface area contributed by atoms with Crippen LogP contribution in [0.25, 0.3) is 6.08 Å². The number of likely N-dealkylation sites (N-methyl/N-ethyl adjacent to an activating group) is 1. The predicted molar refractivity (Wildman–Crippen MR) is 124 cm³/mol. The lowest BCUT2D eigenvalue weighted by Gasteiger charge is -2.31. The Bertz CT molecular complexity index is 742. The minimum atomic E-state index is -4.70. The molecule has 0 saturated carbocycles. The summed E-state index contributed by atoms with van der Waals surface area (Å²) in [6.45, 7) is 0.533. The van der Waals surface area contributed by atoms with Gasteiger partial charge in [-0.2, -0.15) is 0 Å². The van der Waals surface area contributed by atoms with Crippen LogP contribution in [0.2, 0.25) is 0 Å². The average molecular weight is 434 g/mol. The highest BCUT2D eigenvalue weighted by atomic mass is 31.2. The first kappa shape index (κ1) is 26.3. The Labute approximate surface area is 181 Å². The van der Waals surface area contributed by atoms with Gasteiger partial charge < -0.3 is 18.8 Å². The summed E-state index contributed by atoms with van der Waals surface area (Å²) in [5.74, 6) is 0. The number of hydrogen-bond acceptors (Lipinski definition) is 3. The van der Waals surface area contributed by atoms with Gasteiger partial charge in [0.1, 0.15) is 12.6 Å². The monoisotopic (exact) mass is 433 g/mol. The molecule has 1 aromatic rings. The van der Waals surface area contributed by atoms with Crippen molar-refractivity contribution in [3.63, 3.8) is 0 Å². The molecule has 1 aromatic carbocycles. The molecule has 1 N–H and O–H groups in total. The van der Waals surface area contributed by atoms with E-state index in [1.807, 2.05) is 75.8 Å². The molecule has 166 valence electrons. The lowest BCUT2D eigenvalue weighted by molar-refractivity contribution is -0.873. The van der Waals surface area contributed by atoms with Gasteiger partial charge in [-0.05, 0) is 24.8 Å². The molecule has 5 nitrogen and oxygen atoms in total. The third-order valence-corrected chi connectivity index (χ3v) is 4.77. The number of allylic oxidation sites excluding steroid dienone is 7. The lowest BCUT2D eigenvalue weighted by atomic mass is 10.1. The highest BCUT2D eigenvalue weighted by Gasteiger charge is 2.22. The molecular weight excluding hydrogens is 397 g/mol. The second-order valence-corrected chi connectivity index (χ2v) is 9.42. The van der Waals surface area contributed by atoms with Gasteiger partial charge in [-0.3, -0.25) is 4.57 Å². The standard InChI is InChI=1S/C24H36NO4P/c1-25(2,3)22-24(29-30(26,27)28)21-17-12-10-8-6-4-5-7-9-11-14-18-23-19-15-13-16-20-23/h4-7,9,11,13-16,18-20,24H,8,10,12,17,21-22H2,1-3H3,(H-,26,27,28)/b6-4+,7-5+,11-9+,18-14+. The van der Waals surface area contributed by atoms with E-state index < -0.39 is 13.9 Å². The van der Waals surface area contributed by atoms with Crippen LogP contribution in [-0.4, -0.2) is 43.2 Å². The molecule has 0 saturated heterocycles. The summed E-state index contributed by atoms with van der Waals surface area (Å²) >= 11 is 0. The van der Waals surface area contributed by atoms with Gasteiger partial charge >= 0.3 is 0 Å². The molecule has 2 atom stereocenters. The first-order valence-electron chi connectivity index (χ1n) is 10.4. The van der Waals surface area contributed by atoms with Crippen molar-refractivity contribution in [2.45, 2.75) is 38.2 Å². The number of phosphoric acid groups is 1. The minimum Gasteiger partial charge on any atom is -0.756 e. The van der Waals surface area contributed by atoms with Gasteiger partial charge in [0, 0.05) is 0 Å². The predicted octanol–water partition coefficient (Wildman–Crippen LogP) is 4.87. The molecule has 0 aromatic heterocycles. The van der Waals surface area contributed by atoms with Gasteiger partial charge in [0.2, 0.25) is 0 Å². The molecule has 0 aliphatic carbocycles. The molecule has 6 heteroatoms. The second-order valence-electron chi connectivity index (χ2n) is 8.27. The van der Waals surface area contributed by atoms with E-state index in [1.54, 1.807) is 0 Å². The van der Waals surface area contributed by atoms with Crippen LogP contribution in [0.15, 0.2) is 72.9 Å². The number of hydrogen-bond donors (Lipinski definition) is 1. The third-order valence-electron chi connectivity index (χ3n) is 4.21. The van der Waals surface area contributed by atoms with E-state index in [4.69, 9.17) is 9.42 Å². The molecule has 0 fully saturated rings. The molecule has 0 amide bonds.